The van der Waals surface area contributed by atoms with Crippen LogP contribution in [0.3, 0.4) is 0 Å². The van der Waals surface area contributed by atoms with Gasteiger partial charge in [0.1, 0.15) is 5.75 Å². The number of anilines is 2. The summed E-state index contributed by atoms with van der Waals surface area (Å²) in [6.07, 6.45) is 0. The van der Waals surface area contributed by atoms with Crippen LogP contribution in [-0.4, -0.2) is 17.1 Å². The number of rotatable bonds is 4. The van der Waals surface area contributed by atoms with E-state index in [2.05, 4.69) is 15.3 Å². The molecule has 6 heteroatoms. The number of aromatic amines is 1. The first kappa shape index (κ1) is 16.1. The van der Waals surface area contributed by atoms with E-state index in [-0.39, 0.29) is 5.56 Å². The number of hydrogen-bond donors (Lipinski definition) is 2. The predicted molar refractivity (Wildman–Crippen MR) is 96.3 cm³/mol. The molecule has 122 valence electrons. The van der Waals surface area contributed by atoms with Gasteiger partial charge >= 0.3 is 0 Å². The van der Waals surface area contributed by atoms with Crippen molar-refractivity contribution in [1.82, 2.24) is 9.97 Å². The number of H-pyrrole nitrogens is 1. The minimum absolute atomic E-state index is 0.239. The van der Waals surface area contributed by atoms with Crippen molar-refractivity contribution < 1.29 is 4.74 Å². The van der Waals surface area contributed by atoms with Gasteiger partial charge in [-0.2, -0.15) is 0 Å². The third kappa shape index (κ3) is 3.58. The van der Waals surface area contributed by atoms with E-state index in [1.807, 2.05) is 43.3 Å². The second-order valence-electron chi connectivity index (χ2n) is 5.30. The van der Waals surface area contributed by atoms with Crippen LogP contribution in [0.2, 0.25) is 5.02 Å². The summed E-state index contributed by atoms with van der Waals surface area (Å²) in [4.78, 5) is 19.1. The van der Waals surface area contributed by atoms with E-state index in [0.717, 1.165) is 22.6 Å². The molecule has 0 aliphatic rings. The molecule has 2 aromatic carbocycles. The summed E-state index contributed by atoms with van der Waals surface area (Å²) in [7, 11) is 1.61. The van der Waals surface area contributed by atoms with Crippen molar-refractivity contribution in [3.8, 4) is 17.0 Å². The van der Waals surface area contributed by atoms with E-state index in [0.29, 0.717) is 16.7 Å². The van der Waals surface area contributed by atoms with Crippen molar-refractivity contribution >= 4 is 23.2 Å². The molecular formula is C18H16ClN3O2. The Morgan fingerprint density at radius 2 is 1.88 bits per heavy atom. The number of methoxy groups -OCH3 is 1. The quantitative estimate of drug-likeness (QED) is 0.748. The molecule has 0 aliphatic carbocycles. The Hall–Kier alpha value is -2.79. The van der Waals surface area contributed by atoms with E-state index in [1.165, 1.54) is 6.07 Å². The first-order valence-corrected chi connectivity index (χ1v) is 7.72. The third-order valence-electron chi connectivity index (χ3n) is 3.56. The molecular weight excluding hydrogens is 326 g/mol. The van der Waals surface area contributed by atoms with Crippen LogP contribution in [0.5, 0.6) is 5.75 Å². The van der Waals surface area contributed by atoms with Crippen LogP contribution in [0.25, 0.3) is 11.3 Å². The van der Waals surface area contributed by atoms with Gasteiger partial charge in [-0.05, 0) is 48.9 Å². The Morgan fingerprint density at radius 1 is 1.12 bits per heavy atom. The van der Waals surface area contributed by atoms with E-state index in [1.54, 1.807) is 13.2 Å². The van der Waals surface area contributed by atoms with Gasteiger partial charge in [0, 0.05) is 22.3 Å². The molecule has 0 spiro atoms. The third-order valence-corrected chi connectivity index (χ3v) is 3.97. The van der Waals surface area contributed by atoms with Crippen LogP contribution in [0.15, 0.2) is 53.3 Å². The summed E-state index contributed by atoms with van der Waals surface area (Å²) in [5.41, 5.74) is 2.89. The topological polar surface area (TPSA) is 67.0 Å². The van der Waals surface area contributed by atoms with Crippen LogP contribution in [0, 0.1) is 6.92 Å². The maximum absolute atomic E-state index is 11.9. The van der Waals surface area contributed by atoms with E-state index in [9.17, 15) is 4.79 Å². The Balaban J connectivity index is 1.93. The lowest BCUT2D eigenvalue weighted by Crippen LogP contribution is -2.10. The Morgan fingerprint density at radius 3 is 2.54 bits per heavy atom. The number of benzene rings is 2. The summed E-state index contributed by atoms with van der Waals surface area (Å²) in [6.45, 7) is 1.93. The highest BCUT2D eigenvalue weighted by atomic mass is 35.5. The Kier molecular flexibility index (Phi) is 4.53. The second-order valence-corrected chi connectivity index (χ2v) is 5.70. The first-order chi connectivity index (χ1) is 11.5. The molecule has 5 nitrogen and oxygen atoms in total. The zero-order chi connectivity index (χ0) is 17.1. The Bertz CT molecular complexity index is 920. The van der Waals surface area contributed by atoms with Gasteiger partial charge in [-0.15, -0.1) is 0 Å². The zero-order valence-electron chi connectivity index (χ0n) is 13.3. The highest BCUT2D eigenvalue weighted by Gasteiger charge is 2.06. The summed E-state index contributed by atoms with van der Waals surface area (Å²) in [5, 5.41) is 3.72. The minimum atomic E-state index is -0.239. The monoisotopic (exact) mass is 341 g/mol. The molecule has 0 atom stereocenters. The summed E-state index contributed by atoms with van der Waals surface area (Å²) >= 11 is 6.12. The van der Waals surface area contributed by atoms with Crippen LogP contribution in [0.1, 0.15) is 5.56 Å². The molecule has 0 bridgehead atoms. The van der Waals surface area contributed by atoms with Crippen molar-refractivity contribution in [1.29, 1.82) is 0 Å². The van der Waals surface area contributed by atoms with Crippen molar-refractivity contribution in [3.05, 3.63) is 69.5 Å². The molecule has 0 aliphatic heterocycles. The lowest BCUT2D eigenvalue weighted by atomic mass is 10.1. The molecule has 0 saturated carbocycles. The van der Waals surface area contributed by atoms with Crippen molar-refractivity contribution in [2.24, 2.45) is 0 Å². The van der Waals surface area contributed by atoms with E-state index < -0.39 is 0 Å². The number of ether oxygens (including phenoxy) is 1. The molecule has 1 heterocycles. The van der Waals surface area contributed by atoms with Gasteiger partial charge in [-0.1, -0.05) is 17.7 Å². The minimum Gasteiger partial charge on any atom is -0.497 e. The number of hydrogen-bond acceptors (Lipinski definition) is 4. The van der Waals surface area contributed by atoms with Crippen molar-refractivity contribution in [3.63, 3.8) is 0 Å². The molecule has 0 saturated heterocycles. The summed E-state index contributed by atoms with van der Waals surface area (Å²) < 4.78 is 5.14. The van der Waals surface area contributed by atoms with Gasteiger partial charge in [-0.3, -0.25) is 9.78 Å². The molecule has 24 heavy (non-hydrogen) atoms. The van der Waals surface area contributed by atoms with Gasteiger partial charge in [0.15, 0.2) is 0 Å². The fourth-order valence-electron chi connectivity index (χ4n) is 2.23. The standard InChI is InChI=1S/C18H16ClN3O2/c1-11-3-6-13(9-15(11)19)20-18-21-16(10-17(23)22-18)12-4-7-14(24-2)8-5-12/h3-10H,1-2H3,(H2,20,21,22,23). The molecule has 0 fully saturated rings. The molecule has 0 amide bonds. The average molecular weight is 342 g/mol. The highest BCUT2D eigenvalue weighted by Crippen LogP contribution is 2.23. The van der Waals surface area contributed by atoms with E-state index in [4.69, 9.17) is 16.3 Å². The number of nitrogens with zero attached hydrogens (tertiary/aromatic N) is 1. The fraction of sp³-hybridized carbons (Fsp3) is 0.111. The maximum Gasteiger partial charge on any atom is 0.252 e. The van der Waals surface area contributed by atoms with Gasteiger partial charge in [0.2, 0.25) is 5.95 Å². The number of aryl methyl sites for hydroxylation is 1. The highest BCUT2D eigenvalue weighted by molar-refractivity contribution is 6.31. The largest absolute Gasteiger partial charge is 0.497 e. The zero-order valence-corrected chi connectivity index (χ0v) is 14.0. The van der Waals surface area contributed by atoms with Crippen LogP contribution in [0.4, 0.5) is 11.6 Å². The molecule has 0 radical (unpaired) electrons. The summed E-state index contributed by atoms with van der Waals surface area (Å²) in [5.74, 6) is 1.10. The number of aromatic nitrogens is 2. The molecule has 3 rings (SSSR count). The van der Waals surface area contributed by atoms with Gasteiger partial charge < -0.3 is 10.1 Å². The predicted octanol–water partition coefficient (Wildman–Crippen LogP) is 4.15. The van der Waals surface area contributed by atoms with Crippen LogP contribution < -0.4 is 15.6 Å². The summed E-state index contributed by atoms with van der Waals surface area (Å²) in [6, 6.07) is 14.4. The SMILES string of the molecule is COc1ccc(-c2cc(=O)[nH]c(Nc3ccc(C)c(Cl)c3)n2)cc1. The van der Waals surface area contributed by atoms with E-state index >= 15 is 0 Å². The lowest BCUT2D eigenvalue weighted by Gasteiger charge is -2.09. The Labute approximate surface area is 144 Å². The average Bonchev–Trinajstić information content (AvgIpc) is 2.58. The maximum atomic E-state index is 11.9. The first-order valence-electron chi connectivity index (χ1n) is 7.34. The molecule has 0 unspecified atom stereocenters. The van der Waals surface area contributed by atoms with Crippen molar-refractivity contribution in [2.45, 2.75) is 6.92 Å². The van der Waals surface area contributed by atoms with Gasteiger partial charge in [-0.25, -0.2) is 4.98 Å². The van der Waals surface area contributed by atoms with Gasteiger partial charge in [0.05, 0.1) is 12.8 Å². The fourth-order valence-corrected chi connectivity index (χ4v) is 2.41. The smallest absolute Gasteiger partial charge is 0.252 e. The number of nitrogens with one attached hydrogen (secondary N) is 2. The van der Waals surface area contributed by atoms with Crippen LogP contribution >= 0.6 is 11.6 Å². The normalized spacial score (nSPS) is 10.5. The molecule has 1 aromatic heterocycles. The molecule has 3 aromatic rings. The molecule has 2 N–H and O–H groups in total. The second kappa shape index (κ2) is 6.76. The lowest BCUT2D eigenvalue weighted by molar-refractivity contribution is 0.415. The van der Waals surface area contributed by atoms with Gasteiger partial charge in [0.25, 0.3) is 5.56 Å². The van der Waals surface area contributed by atoms with Crippen LogP contribution in [-0.2, 0) is 0 Å². The van der Waals surface area contributed by atoms with Crippen molar-refractivity contribution in [2.75, 3.05) is 12.4 Å². The number of halogens is 1.